The Hall–Kier alpha value is -1.47. The van der Waals surface area contributed by atoms with Crippen molar-refractivity contribution >= 4 is 15.9 Å². The van der Waals surface area contributed by atoms with E-state index in [0.717, 1.165) is 0 Å². The van der Waals surface area contributed by atoms with E-state index in [1.165, 1.54) is 34.8 Å². The third kappa shape index (κ3) is 3.55. The number of rotatable bonds is 2. The summed E-state index contributed by atoms with van der Waals surface area (Å²) in [5.41, 5.74) is 0.416. The van der Waals surface area contributed by atoms with Crippen molar-refractivity contribution in [3.63, 3.8) is 0 Å². The van der Waals surface area contributed by atoms with Crippen LogP contribution in [0.5, 0.6) is 0 Å². The summed E-state index contributed by atoms with van der Waals surface area (Å²) in [5, 5.41) is 0. The lowest BCUT2D eigenvalue weighted by Crippen LogP contribution is -2.36. The number of hydrogen-bond acceptors (Lipinski definition) is 3. The van der Waals surface area contributed by atoms with Gasteiger partial charge >= 0.3 is 0 Å². The Morgan fingerprint density at radius 3 is 2.35 bits per heavy atom. The van der Waals surface area contributed by atoms with Gasteiger partial charge < -0.3 is 4.90 Å². The number of nitrogens with zero attached hydrogens (tertiary/aromatic N) is 2. The van der Waals surface area contributed by atoms with E-state index in [1.54, 1.807) is 4.90 Å². The number of carbonyl (C=O) groups is 1. The molecule has 0 aromatic heterocycles. The number of halogens is 1. The highest BCUT2D eigenvalue weighted by molar-refractivity contribution is 7.88. The monoisotopic (exact) mass is 300 g/mol. The summed E-state index contributed by atoms with van der Waals surface area (Å²) in [6.07, 6.45) is 1.77. The molecular weight excluding hydrogens is 283 g/mol. The van der Waals surface area contributed by atoms with Gasteiger partial charge in [0.25, 0.3) is 5.91 Å². The maximum atomic E-state index is 12.8. The van der Waals surface area contributed by atoms with Crippen LogP contribution in [0.1, 0.15) is 16.8 Å². The van der Waals surface area contributed by atoms with Crippen LogP contribution in [0.3, 0.4) is 0 Å². The average Bonchev–Trinajstić information content (AvgIpc) is 2.64. The fraction of sp³-hybridized carbons (Fsp3) is 0.462. The fourth-order valence-electron chi connectivity index (χ4n) is 2.20. The Balaban J connectivity index is 2.07. The Morgan fingerprint density at radius 1 is 1.10 bits per heavy atom. The minimum Gasteiger partial charge on any atom is -0.337 e. The molecule has 0 bridgehead atoms. The second-order valence-corrected chi connectivity index (χ2v) is 6.80. The lowest BCUT2D eigenvalue weighted by atomic mass is 10.2. The first kappa shape index (κ1) is 14.9. The molecule has 1 aromatic rings. The summed E-state index contributed by atoms with van der Waals surface area (Å²) in [6, 6.07) is 5.37. The predicted molar refractivity (Wildman–Crippen MR) is 73.3 cm³/mol. The average molecular weight is 300 g/mol. The van der Waals surface area contributed by atoms with Gasteiger partial charge in [-0.2, -0.15) is 0 Å². The molecule has 0 radical (unpaired) electrons. The van der Waals surface area contributed by atoms with E-state index in [1.807, 2.05) is 0 Å². The lowest BCUT2D eigenvalue weighted by molar-refractivity contribution is 0.0764. The maximum Gasteiger partial charge on any atom is 0.253 e. The minimum absolute atomic E-state index is 0.194. The Morgan fingerprint density at radius 2 is 1.75 bits per heavy atom. The van der Waals surface area contributed by atoms with Gasteiger partial charge in [0.1, 0.15) is 5.82 Å². The van der Waals surface area contributed by atoms with Gasteiger partial charge in [0, 0.05) is 31.7 Å². The zero-order valence-corrected chi connectivity index (χ0v) is 12.1. The number of sulfonamides is 1. The molecule has 1 aliphatic heterocycles. The number of hydrogen-bond donors (Lipinski definition) is 0. The topological polar surface area (TPSA) is 57.7 Å². The van der Waals surface area contributed by atoms with Gasteiger partial charge in [0.15, 0.2) is 0 Å². The van der Waals surface area contributed by atoms with Crippen LogP contribution in [0.4, 0.5) is 4.39 Å². The first-order valence-corrected chi connectivity index (χ1v) is 8.23. The molecule has 110 valence electrons. The van der Waals surface area contributed by atoms with E-state index < -0.39 is 10.0 Å². The second kappa shape index (κ2) is 5.88. The molecule has 1 fully saturated rings. The molecule has 2 rings (SSSR count). The van der Waals surface area contributed by atoms with Crippen LogP contribution in [0.15, 0.2) is 24.3 Å². The predicted octanol–water partition coefficient (Wildman–Crippen LogP) is 0.933. The van der Waals surface area contributed by atoms with Crippen LogP contribution in [-0.2, 0) is 10.0 Å². The minimum atomic E-state index is -3.22. The van der Waals surface area contributed by atoms with Gasteiger partial charge in [-0.05, 0) is 30.7 Å². The molecule has 5 nitrogen and oxygen atoms in total. The van der Waals surface area contributed by atoms with E-state index in [9.17, 15) is 17.6 Å². The van der Waals surface area contributed by atoms with Crippen molar-refractivity contribution < 1.29 is 17.6 Å². The van der Waals surface area contributed by atoms with Crippen molar-refractivity contribution in [1.82, 2.24) is 9.21 Å². The Kier molecular flexibility index (Phi) is 4.39. The molecular formula is C13H17FN2O3S. The maximum absolute atomic E-state index is 12.8. The largest absolute Gasteiger partial charge is 0.337 e. The molecule has 20 heavy (non-hydrogen) atoms. The molecule has 7 heteroatoms. The molecule has 1 amide bonds. The smallest absolute Gasteiger partial charge is 0.253 e. The van der Waals surface area contributed by atoms with Crippen molar-refractivity contribution in [3.05, 3.63) is 35.6 Å². The van der Waals surface area contributed by atoms with Crippen molar-refractivity contribution in [2.24, 2.45) is 0 Å². The zero-order chi connectivity index (χ0) is 14.8. The van der Waals surface area contributed by atoms with Crippen LogP contribution in [0, 0.1) is 5.82 Å². The van der Waals surface area contributed by atoms with Crippen molar-refractivity contribution in [3.8, 4) is 0 Å². The molecule has 1 saturated heterocycles. The molecule has 1 heterocycles. The van der Waals surface area contributed by atoms with Crippen LogP contribution >= 0.6 is 0 Å². The second-order valence-electron chi connectivity index (χ2n) is 4.81. The van der Waals surface area contributed by atoms with E-state index in [2.05, 4.69) is 0 Å². The standard InChI is InChI=1S/C13H17FN2O3S/c1-20(18,19)16-8-2-7-15(9-10-16)13(17)11-3-5-12(14)6-4-11/h3-6H,2,7-10H2,1H3. The summed E-state index contributed by atoms with van der Waals surface area (Å²) in [4.78, 5) is 13.9. The molecule has 0 saturated carbocycles. The van der Waals surface area contributed by atoms with Crippen molar-refractivity contribution in [2.45, 2.75) is 6.42 Å². The highest BCUT2D eigenvalue weighted by atomic mass is 32.2. The van der Waals surface area contributed by atoms with E-state index >= 15 is 0 Å². The first-order valence-electron chi connectivity index (χ1n) is 6.38. The van der Waals surface area contributed by atoms with E-state index in [-0.39, 0.29) is 11.7 Å². The summed E-state index contributed by atoms with van der Waals surface area (Å²) in [5.74, 6) is -0.582. The number of amides is 1. The van der Waals surface area contributed by atoms with Crippen molar-refractivity contribution in [2.75, 3.05) is 32.4 Å². The highest BCUT2D eigenvalue weighted by Gasteiger charge is 2.24. The Bertz CT molecular complexity index is 586. The molecule has 0 spiro atoms. The summed E-state index contributed by atoms with van der Waals surface area (Å²) < 4.78 is 37.2. The SMILES string of the molecule is CS(=O)(=O)N1CCCN(C(=O)c2ccc(F)cc2)CC1. The van der Waals surface area contributed by atoms with Crippen molar-refractivity contribution in [1.29, 1.82) is 0 Å². The molecule has 1 aromatic carbocycles. The molecule has 0 atom stereocenters. The highest BCUT2D eigenvalue weighted by Crippen LogP contribution is 2.11. The number of benzene rings is 1. The third-order valence-electron chi connectivity index (χ3n) is 3.30. The summed E-state index contributed by atoms with van der Waals surface area (Å²) in [6.45, 7) is 1.57. The molecule has 0 unspecified atom stereocenters. The Labute approximate surface area is 118 Å². The van der Waals surface area contributed by atoms with Crippen LogP contribution in [-0.4, -0.2) is 56.0 Å². The normalized spacial score (nSPS) is 17.8. The molecule has 0 aliphatic carbocycles. The first-order chi connectivity index (χ1) is 9.38. The molecule has 0 N–H and O–H groups in total. The van der Waals surface area contributed by atoms with Gasteiger partial charge in [-0.15, -0.1) is 0 Å². The van der Waals surface area contributed by atoms with Crippen LogP contribution in [0.2, 0.25) is 0 Å². The number of carbonyl (C=O) groups excluding carboxylic acids is 1. The quantitative estimate of drug-likeness (QED) is 0.816. The molecule has 1 aliphatic rings. The lowest BCUT2D eigenvalue weighted by Gasteiger charge is -2.21. The van der Waals surface area contributed by atoms with Crippen LogP contribution < -0.4 is 0 Å². The fourth-order valence-corrected chi connectivity index (χ4v) is 3.08. The van der Waals surface area contributed by atoms with Crippen LogP contribution in [0.25, 0.3) is 0 Å². The zero-order valence-electron chi connectivity index (χ0n) is 11.3. The van der Waals surface area contributed by atoms with Gasteiger partial charge in [0.05, 0.1) is 6.26 Å². The summed E-state index contributed by atoms with van der Waals surface area (Å²) in [7, 11) is -3.22. The van der Waals surface area contributed by atoms with Gasteiger partial charge in [-0.1, -0.05) is 0 Å². The van der Waals surface area contributed by atoms with E-state index in [0.29, 0.717) is 38.2 Å². The summed E-state index contributed by atoms with van der Waals surface area (Å²) >= 11 is 0. The van der Waals surface area contributed by atoms with E-state index in [4.69, 9.17) is 0 Å². The van der Waals surface area contributed by atoms with Gasteiger partial charge in [-0.3, -0.25) is 4.79 Å². The third-order valence-corrected chi connectivity index (χ3v) is 4.61. The van der Waals surface area contributed by atoms with Gasteiger partial charge in [-0.25, -0.2) is 17.1 Å². The van der Waals surface area contributed by atoms with Gasteiger partial charge in [0.2, 0.25) is 10.0 Å².